The van der Waals surface area contributed by atoms with E-state index in [1.54, 1.807) is 11.1 Å². The van der Waals surface area contributed by atoms with Gasteiger partial charge in [0.25, 0.3) is 0 Å². The zero-order valence-corrected chi connectivity index (χ0v) is 14.1. The Morgan fingerprint density at radius 2 is 2.08 bits per heavy atom. The zero-order chi connectivity index (χ0) is 17.4. The van der Waals surface area contributed by atoms with Crippen molar-refractivity contribution in [2.75, 3.05) is 24.5 Å². The molecule has 3 N–H and O–H groups in total. The standard InChI is InChI=1S/C17H16ClN7/c18-12-8-21-16(24-5-6-25(10-19)15(20)9-24)7-11(12)17-22-13-3-1-2-4-14(13)23-17/h1-4,7-8,10,19-20H,5-6,9H2,(H,22,23). The highest BCUT2D eigenvalue weighted by Gasteiger charge is 2.22. The van der Waals surface area contributed by atoms with Gasteiger partial charge in [-0.2, -0.15) is 0 Å². The van der Waals surface area contributed by atoms with Gasteiger partial charge < -0.3 is 14.8 Å². The summed E-state index contributed by atoms with van der Waals surface area (Å²) in [5, 5.41) is 15.9. The van der Waals surface area contributed by atoms with Gasteiger partial charge in [0.05, 0.1) is 28.9 Å². The lowest BCUT2D eigenvalue weighted by atomic mass is 10.2. The first-order chi connectivity index (χ1) is 12.2. The second kappa shape index (κ2) is 6.18. The molecule has 25 heavy (non-hydrogen) atoms. The summed E-state index contributed by atoms with van der Waals surface area (Å²) >= 11 is 6.35. The van der Waals surface area contributed by atoms with E-state index in [-0.39, 0.29) is 0 Å². The molecule has 126 valence electrons. The molecule has 8 heteroatoms. The molecule has 3 heterocycles. The normalized spacial score (nSPS) is 15.0. The molecule has 1 saturated heterocycles. The third-order valence-corrected chi connectivity index (χ3v) is 4.56. The number of aromatic nitrogens is 3. The summed E-state index contributed by atoms with van der Waals surface area (Å²) in [5.41, 5.74) is 2.62. The van der Waals surface area contributed by atoms with Crippen LogP contribution in [0.1, 0.15) is 0 Å². The summed E-state index contributed by atoms with van der Waals surface area (Å²) in [5.74, 6) is 1.82. The molecule has 0 radical (unpaired) electrons. The van der Waals surface area contributed by atoms with Crippen molar-refractivity contribution in [1.29, 1.82) is 10.8 Å². The van der Waals surface area contributed by atoms with Gasteiger partial charge in [-0.25, -0.2) is 9.97 Å². The number of nitrogens with zero attached hydrogens (tertiary/aromatic N) is 4. The van der Waals surface area contributed by atoms with Crippen molar-refractivity contribution in [2.45, 2.75) is 0 Å². The van der Waals surface area contributed by atoms with Gasteiger partial charge >= 0.3 is 0 Å². The topological polar surface area (TPSA) is 95.8 Å². The summed E-state index contributed by atoms with van der Waals surface area (Å²) in [7, 11) is 0. The third-order valence-electron chi connectivity index (χ3n) is 4.26. The van der Waals surface area contributed by atoms with Crippen LogP contribution in [0.25, 0.3) is 22.4 Å². The fourth-order valence-corrected chi connectivity index (χ4v) is 3.11. The Morgan fingerprint density at radius 3 is 2.84 bits per heavy atom. The number of halogens is 1. The summed E-state index contributed by atoms with van der Waals surface area (Å²) in [4.78, 5) is 15.9. The van der Waals surface area contributed by atoms with Crippen molar-refractivity contribution >= 4 is 40.6 Å². The maximum atomic E-state index is 8.02. The number of fused-ring (bicyclic) bond motifs is 1. The van der Waals surface area contributed by atoms with Gasteiger partial charge in [0.2, 0.25) is 0 Å². The fraction of sp³-hybridized carbons (Fsp3) is 0.176. The van der Waals surface area contributed by atoms with Crippen molar-refractivity contribution in [1.82, 2.24) is 19.9 Å². The highest BCUT2D eigenvalue weighted by molar-refractivity contribution is 6.33. The number of aromatic amines is 1. The van der Waals surface area contributed by atoms with Crippen molar-refractivity contribution in [2.24, 2.45) is 0 Å². The molecular weight excluding hydrogens is 338 g/mol. The van der Waals surface area contributed by atoms with Crippen molar-refractivity contribution in [3.05, 3.63) is 41.6 Å². The number of rotatable bonds is 3. The number of anilines is 1. The third kappa shape index (κ3) is 2.83. The Labute approximate surface area is 149 Å². The number of benzene rings is 1. The first kappa shape index (κ1) is 15.6. The molecule has 4 rings (SSSR count). The number of nitrogens with one attached hydrogen (secondary N) is 3. The van der Waals surface area contributed by atoms with Crippen LogP contribution in [0.2, 0.25) is 5.02 Å². The van der Waals surface area contributed by atoms with E-state index in [0.717, 1.165) is 22.4 Å². The van der Waals surface area contributed by atoms with E-state index in [9.17, 15) is 0 Å². The lowest BCUT2D eigenvalue weighted by molar-refractivity contribution is 0.556. The monoisotopic (exact) mass is 353 g/mol. The zero-order valence-electron chi connectivity index (χ0n) is 13.3. The second-order valence-electron chi connectivity index (χ2n) is 5.82. The minimum Gasteiger partial charge on any atom is -0.347 e. The first-order valence-electron chi connectivity index (χ1n) is 7.86. The predicted octanol–water partition coefficient (Wildman–Crippen LogP) is 2.98. The van der Waals surface area contributed by atoms with Crippen LogP contribution < -0.4 is 4.90 Å². The molecule has 0 spiro atoms. The number of para-hydroxylation sites is 2. The molecule has 0 saturated carbocycles. The molecule has 3 aromatic rings. The van der Waals surface area contributed by atoms with Gasteiger partial charge in [0.1, 0.15) is 17.5 Å². The van der Waals surface area contributed by atoms with E-state index in [2.05, 4.69) is 15.0 Å². The number of imidazole rings is 1. The highest BCUT2D eigenvalue weighted by Crippen LogP contribution is 2.30. The number of piperazine rings is 1. The molecular formula is C17H16ClN7. The van der Waals surface area contributed by atoms with E-state index >= 15 is 0 Å². The molecule has 2 aromatic heterocycles. The van der Waals surface area contributed by atoms with Gasteiger partial charge in [-0.05, 0) is 18.2 Å². The Hall–Kier alpha value is -2.93. The van der Waals surface area contributed by atoms with E-state index in [0.29, 0.717) is 36.3 Å². The van der Waals surface area contributed by atoms with Gasteiger partial charge in [-0.3, -0.25) is 10.8 Å². The molecule has 0 aliphatic carbocycles. The van der Waals surface area contributed by atoms with Gasteiger partial charge in [-0.1, -0.05) is 23.7 Å². The Balaban J connectivity index is 1.69. The minimum absolute atomic E-state index is 0.378. The number of H-pyrrole nitrogens is 1. The largest absolute Gasteiger partial charge is 0.347 e. The molecule has 0 atom stereocenters. The number of hydrogen-bond acceptors (Lipinski definition) is 5. The number of amidine groups is 1. The Bertz CT molecular complexity index is 932. The van der Waals surface area contributed by atoms with Gasteiger partial charge in [-0.15, -0.1) is 0 Å². The van der Waals surface area contributed by atoms with Crippen LogP contribution in [0.3, 0.4) is 0 Å². The lowest BCUT2D eigenvalue weighted by Gasteiger charge is -2.34. The van der Waals surface area contributed by atoms with E-state index < -0.39 is 0 Å². The average molecular weight is 354 g/mol. The summed E-state index contributed by atoms with van der Waals surface area (Å²) < 4.78 is 0. The molecule has 0 amide bonds. The lowest BCUT2D eigenvalue weighted by Crippen LogP contribution is -2.49. The van der Waals surface area contributed by atoms with Crippen LogP contribution in [0.4, 0.5) is 5.82 Å². The molecule has 1 aliphatic rings. The molecule has 0 unspecified atom stereocenters. The van der Waals surface area contributed by atoms with Gasteiger partial charge in [0, 0.05) is 24.8 Å². The van der Waals surface area contributed by atoms with Crippen LogP contribution in [0, 0.1) is 10.8 Å². The molecule has 1 aliphatic heterocycles. The molecule has 1 fully saturated rings. The molecule has 7 nitrogen and oxygen atoms in total. The van der Waals surface area contributed by atoms with Gasteiger partial charge in [0.15, 0.2) is 0 Å². The fourth-order valence-electron chi connectivity index (χ4n) is 2.91. The predicted molar refractivity (Wildman–Crippen MR) is 99.8 cm³/mol. The maximum Gasteiger partial charge on any atom is 0.140 e. The Morgan fingerprint density at radius 1 is 1.24 bits per heavy atom. The Kier molecular flexibility index (Phi) is 3.85. The van der Waals surface area contributed by atoms with E-state index in [4.69, 9.17) is 22.4 Å². The SMILES string of the molecule is N=CN1CCN(c2cc(-c3nc4ccccc4[nH]3)c(Cl)cn2)CC1=N. The molecule has 0 bridgehead atoms. The van der Waals surface area contributed by atoms with E-state index in [1.807, 2.05) is 35.2 Å². The minimum atomic E-state index is 0.378. The van der Waals surface area contributed by atoms with Crippen molar-refractivity contribution < 1.29 is 0 Å². The van der Waals surface area contributed by atoms with Crippen LogP contribution in [-0.2, 0) is 0 Å². The van der Waals surface area contributed by atoms with Crippen molar-refractivity contribution in [3.8, 4) is 11.4 Å². The van der Waals surface area contributed by atoms with Crippen LogP contribution >= 0.6 is 11.6 Å². The summed E-state index contributed by atoms with van der Waals surface area (Å²) in [6.45, 7) is 1.68. The average Bonchev–Trinajstić information content (AvgIpc) is 3.06. The van der Waals surface area contributed by atoms with Crippen LogP contribution in [0.5, 0.6) is 0 Å². The smallest absolute Gasteiger partial charge is 0.140 e. The van der Waals surface area contributed by atoms with Crippen LogP contribution in [-0.4, -0.2) is 51.7 Å². The quantitative estimate of drug-likeness (QED) is 0.498. The highest BCUT2D eigenvalue weighted by atomic mass is 35.5. The first-order valence-corrected chi connectivity index (χ1v) is 8.24. The summed E-state index contributed by atoms with van der Waals surface area (Å²) in [6, 6.07) is 9.72. The maximum absolute atomic E-state index is 8.02. The summed E-state index contributed by atoms with van der Waals surface area (Å²) in [6.07, 6.45) is 2.81. The van der Waals surface area contributed by atoms with Crippen molar-refractivity contribution in [3.63, 3.8) is 0 Å². The number of hydrogen-bond donors (Lipinski definition) is 3. The molecule has 1 aromatic carbocycles. The van der Waals surface area contributed by atoms with E-state index in [1.165, 1.54) is 6.34 Å². The number of pyridine rings is 1. The second-order valence-corrected chi connectivity index (χ2v) is 6.22. The van der Waals surface area contributed by atoms with Crippen LogP contribution in [0.15, 0.2) is 36.5 Å².